The summed E-state index contributed by atoms with van der Waals surface area (Å²) in [6.45, 7) is 2.28. The molecule has 7 heteroatoms. The third kappa shape index (κ3) is 4.13. The zero-order chi connectivity index (χ0) is 18.6. The van der Waals surface area contributed by atoms with E-state index in [4.69, 9.17) is 0 Å². The fourth-order valence-electron chi connectivity index (χ4n) is 3.50. The molecule has 0 saturated heterocycles. The number of thioether (sulfide) groups is 1. The van der Waals surface area contributed by atoms with Crippen molar-refractivity contribution in [3.63, 3.8) is 0 Å². The van der Waals surface area contributed by atoms with Gasteiger partial charge in [-0.3, -0.25) is 4.79 Å². The van der Waals surface area contributed by atoms with Crippen molar-refractivity contribution in [3.8, 4) is 5.69 Å². The van der Waals surface area contributed by atoms with Gasteiger partial charge in [-0.15, -0.1) is 0 Å². The van der Waals surface area contributed by atoms with Crippen LogP contribution in [0.3, 0.4) is 0 Å². The minimum absolute atomic E-state index is 0.0711. The normalized spacial score (nSPS) is 19.9. The minimum atomic E-state index is 0.0711. The van der Waals surface area contributed by atoms with Crippen molar-refractivity contribution in [1.82, 2.24) is 25.1 Å². The number of carbonyl (C=O) groups excluding carboxylic acids is 1. The predicted octanol–water partition coefficient (Wildman–Crippen LogP) is 3.60. The Bertz CT molecular complexity index is 919. The van der Waals surface area contributed by atoms with Crippen LogP contribution < -0.4 is 5.32 Å². The van der Waals surface area contributed by atoms with E-state index >= 15 is 0 Å². The van der Waals surface area contributed by atoms with E-state index in [9.17, 15) is 4.79 Å². The number of fused-ring (bicyclic) bond motifs is 1. The number of hydrogen-bond acceptors (Lipinski definition) is 5. The second-order valence-electron chi connectivity index (χ2n) is 7.12. The fraction of sp³-hybridized carbons (Fsp3) is 0.400. The highest BCUT2D eigenvalue weighted by atomic mass is 32.2. The Morgan fingerprint density at radius 3 is 2.74 bits per heavy atom. The van der Waals surface area contributed by atoms with Crippen LogP contribution >= 0.6 is 11.8 Å². The average Bonchev–Trinajstić information content (AvgIpc) is 3.13. The molecule has 6 nitrogen and oxygen atoms in total. The molecule has 1 aliphatic carbocycles. The first-order valence-corrected chi connectivity index (χ1v) is 10.4. The number of nitrogens with one attached hydrogen (secondary N) is 1. The number of aromatic nitrogens is 4. The van der Waals surface area contributed by atoms with E-state index in [0.717, 1.165) is 40.5 Å². The Morgan fingerprint density at radius 2 is 1.96 bits per heavy atom. The summed E-state index contributed by atoms with van der Waals surface area (Å²) in [4.78, 5) is 21.1. The van der Waals surface area contributed by atoms with Crippen molar-refractivity contribution in [2.75, 3.05) is 5.75 Å². The maximum atomic E-state index is 12.3. The molecular formula is C20H23N5OS. The zero-order valence-electron chi connectivity index (χ0n) is 15.3. The van der Waals surface area contributed by atoms with E-state index in [-0.39, 0.29) is 5.91 Å². The van der Waals surface area contributed by atoms with Crippen LogP contribution in [-0.4, -0.2) is 37.5 Å². The Labute approximate surface area is 162 Å². The molecule has 1 saturated carbocycles. The van der Waals surface area contributed by atoms with Crippen molar-refractivity contribution < 1.29 is 4.79 Å². The molecule has 1 fully saturated rings. The lowest BCUT2D eigenvalue weighted by Gasteiger charge is -2.26. The van der Waals surface area contributed by atoms with E-state index in [1.807, 2.05) is 30.3 Å². The minimum Gasteiger partial charge on any atom is -0.353 e. The van der Waals surface area contributed by atoms with Gasteiger partial charge in [-0.05, 0) is 43.7 Å². The molecular weight excluding hydrogens is 358 g/mol. The fourth-order valence-corrected chi connectivity index (χ4v) is 4.28. The van der Waals surface area contributed by atoms with Gasteiger partial charge in [0.05, 0.1) is 23.0 Å². The topological polar surface area (TPSA) is 72.7 Å². The smallest absolute Gasteiger partial charge is 0.230 e. The molecule has 2 heterocycles. The SMILES string of the molecule is CC1CCC(NC(=O)CSc2ncnc3c2cnn3-c2ccccc2)CC1. The number of benzene rings is 1. The van der Waals surface area contributed by atoms with Crippen LogP contribution in [0.1, 0.15) is 32.6 Å². The van der Waals surface area contributed by atoms with Crippen molar-refractivity contribution in [2.45, 2.75) is 43.7 Å². The second-order valence-corrected chi connectivity index (χ2v) is 8.09. The van der Waals surface area contributed by atoms with Gasteiger partial charge < -0.3 is 5.32 Å². The van der Waals surface area contributed by atoms with E-state index in [2.05, 4.69) is 27.3 Å². The molecule has 27 heavy (non-hydrogen) atoms. The Balaban J connectivity index is 1.43. The first-order valence-electron chi connectivity index (χ1n) is 9.37. The van der Waals surface area contributed by atoms with E-state index in [0.29, 0.717) is 11.8 Å². The molecule has 1 N–H and O–H groups in total. The molecule has 0 unspecified atom stereocenters. The number of carbonyl (C=O) groups is 1. The van der Waals surface area contributed by atoms with Gasteiger partial charge in [0.25, 0.3) is 0 Å². The molecule has 2 aromatic heterocycles. The number of nitrogens with zero attached hydrogens (tertiary/aromatic N) is 4. The summed E-state index contributed by atoms with van der Waals surface area (Å²) in [6, 6.07) is 10.2. The summed E-state index contributed by atoms with van der Waals surface area (Å²) in [6.07, 6.45) is 7.86. The lowest BCUT2D eigenvalue weighted by atomic mass is 9.87. The van der Waals surface area contributed by atoms with E-state index < -0.39 is 0 Å². The number of rotatable bonds is 5. The largest absolute Gasteiger partial charge is 0.353 e. The third-order valence-electron chi connectivity index (χ3n) is 5.05. The third-order valence-corrected chi connectivity index (χ3v) is 6.06. The average molecular weight is 382 g/mol. The quantitative estimate of drug-likeness (QED) is 0.540. The molecule has 0 aliphatic heterocycles. The second kappa shape index (κ2) is 8.08. The van der Waals surface area contributed by atoms with Crippen molar-refractivity contribution in [1.29, 1.82) is 0 Å². The van der Waals surface area contributed by atoms with Crippen LogP contribution in [0.15, 0.2) is 47.9 Å². The van der Waals surface area contributed by atoms with Crippen molar-refractivity contribution >= 4 is 28.7 Å². The van der Waals surface area contributed by atoms with Crippen LogP contribution in [0.5, 0.6) is 0 Å². The standard InChI is InChI=1S/C20H23N5OS/c1-14-7-9-15(10-8-14)24-18(26)12-27-20-17-11-23-25(19(17)21-13-22-20)16-5-3-2-4-6-16/h2-6,11,13-15H,7-10,12H2,1H3,(H,24,26). The molecule has 3 aromatic rings. The first kappa shape index (κ1) is 18.0. The van der Waals surface area contributed by atoms with Gasteiger partial charge in [0, 0.05) is 6.04 Å². The molecule has 0 spiro atoms. The summed E-state index contributed by atoms with van der Waals surface area (Å²) in [5, 5.41) is 9.27. The van der Waals surface area contributed by atoms with Crippen LogP contribution in [0.2, 0.25) is 0 Å². The molecule has 0 radical (unpaired) electrons. The molecule has 4 rings (SSSR count). The van der Waals surface area contributed by atoms with E-state index in [1.54, 1.807) is 10.9 Å². The summed E-state index contributed by atoms with van der Waals surface area (Å²) in [7, 11) is 0. The highest BCUT2D eigenvalue weighted by Gasteiger charge is 2.20. The van der Waals surface area contributed by atoms with Crippen LogP contribution in [-0.2, 0) is 4.79 Å². The van der Waals surface area contributed by atoms with Gasteiger partial charge in [0.15, 0.2) is 5.65 Å². The summed E-state index contributed by atoms with van der Waals surface area (Å²) in [5.74, 6) is 1.21. The maximum Gasteiger partial charge on any atom is 0.230 e. The van der Waals surface area contributed by atoms with Crippen LogP contribution in [0.4, 0.5) is 0 Å². The van der Waals surface area contributed by atoms with Gasteiger partial charge >= 0.3 is 0 Å². The summed E-state index contributed by atoms with van der Waals surface area (Å²) < 4.78 is 1.80. The predicted molar refractivity (Wildman–Crippen MR) is 107 cm³/mol. The Morgan fingerprint density at radius 1 is 1.19 bits per heavy atom. The lowest BCUT2D eigenvalue weighted by Crippen LogP contribution is -2.38. The molecule has 0 bridgehead atoms. The molecule has 1 aromatic carbocycles. The first-order chi connectivity index (χ1) is 13.2. The molecule has 0 atom stereocenters. The lowest BCUT2D eigenvalue weighted by molar-refractivity contribution is -0.119. The number of amides is 1. The van der Waals surface area contributed by atoms with Gasteiger partial charge in [-0.1, -0.05) is 36.9 Å². The van der Waals surface area contributed by atoms with Gasteiger partial charge in [-0.25, -0.2) is 14.6 Å². The van der Waals surface area contributed by atoms with Crippen molar-refractivity contribution in [2.24, 2.45) is 5.92 Å². The van der Waals surface area contributed by atoms with Gasteiger partial charge in [0.1, 0.15) is 11.4 Å². The van der Waals surface area contributed by atoms with Crippen molar-refractivity contribution in [3.05, 3.63) is 42.9 Å². The van der Waals surface area contributed by atoms with Gasteiger partial charge in [0.2, 0.25) is 5.91 Å². The highest BCUT2D eigenvalue weighted by Crippen LogP contribution is 2.26. The monoisotopic (exact) mass is 381 g/mol. The van der Waals surface area contributed by atoms with Crippen LogP contribution in [0, 0.1) is 5.92 Å². The van der Waals surface area contributed by atoms with Gasteiger partial charge in [-0.2, -0.15) is 5.10 Å². The number of para-hydroxylation sites is 1. The molecule has 140 valence electrons. The zero-order valence-corrected chi connectivity index (χ0v) is 16.2. The Hall–Kier alpha value is -2.41. The molecule has 1 amide bonds. The summed E-state index contributed by atoms with van der Waals surface area (Å²) >= 11 is 1.44. The number of hydrogen-bond donors (Lipinski definition) is 1. The van der Waals surface area contributed by atoms with Crippen LogP contribution in [0.25, 0.3) is 16.7 Å². The highest BCUT2D eigenvalue weighted by molar-refractivity contribution is 8.00. The summed E-state index contributed by atoms with van der Waals surface area (Å²) in [5.41, 5.74) is 1.70. The Kier molecular flexibility index (Phi) is 5.38. The maximum absolute atomic E-state index is 12.3. The van der Waals surface area contributed by atoms with E-state index in [1.165, 1.54) is 30.9 Å². The molecule has 1 aliphatic rings.